The van der Waals surface area contributed by atoms with Crippen LogP contribution in [0.1, 0.15) is 129 Å². The van der Waals surface area contributed by atoms with Gasteiger partial charge in [0.15, 0.2) is 6.10 Å². The van der Waals surface area contributed by atoms with Gasteiger partial charge in [-0.3, -0.25) is 18.9 Å². The fraction of sp³-hybridized carbons (Fsp3) is 0.562. The van der Waals surface area contributed by atoms with Gasteiger partial charge >= 0.3 is 25.7 Å². The van der Waals surface area contributed by atoms with Crippen LogP contribution in [0.2, 0.25) is 0 Å². The molecule has 0 aromatic rings. The number of aliphatic hydroxyl groups excluding tert-OH is 1. The summed E-state index contributed by atoms with van der Waals surface area (Å²) in [5.74, 6) is -2.52. The van der Waals surface area contributed by atoms with Gasteiger partial charge in [0.1, 0.15) is 12.6 Å². The first kappa shape index (κ1) is 58.5. The van der Waals surface area contributed by atoms with Crippen molar-refractivity contribution in [2.24, 2.45) is 5.73 Å². The second-order valence-electron chi connectivity index (χ2n) is 14.5. The van der Waals surface area contributed by atoms with E-state index in [4.69, 9.17) is 20.3 Å². The van der Waals surface area contributed by atoms with E-state index < -0.39 is 62.4 Å². The summed E-state index contributed by atoms with van der Waals surface area (Å²) in [4.78, 5) is 54.8. The van der Waals surface area contributed by atoms with Crippen molar-refractivity contribution in [3.63, 3.8) is 0 Å². The van der Waals surface area contributed by atoms with Gasteiger partial charge in [0.2, 0.25) is 0 Å². The Hall–Kier alpha value is -3.55. The summed E-state index contributed by atoms with van der Waals surface area (Å²) >= 11 is 1.17. The van der Waals surface area contributed by atoms with E-state index in [1.165, 1.54) is 50.3 Å². The normalized spacial score (nSPS) is 14.9. The van der Waals surface area contributed by atoms with Crippen molar-refractivity contribution < 1.29 is 52.9 Å². The van der Waals surface area contributed by atoms with Crippen molar-refractivity contribution in [1.29, 1.82) is 0 Å². The van der Waals surface area contributed by atoms with Gasteiger partial charge in [0.05, 0.1) is 12.7 Å². The molecule has 0 heterocycles. The van der Waals surface area contributed by atoms with Crippen LogP contribution in [-0.2, 0) is 32.9 Å². The highest BCUT2D eigenvalue weighted by molar-refractivity contribution is 8.00. The Morgan fingerprint density at radius 2 is 1.18 bits per heavy atom. The number of esters is 2. The highest BCUT2D eigenvalue weighted by atomic mass is 32.2. The van der Waals surface area contributed by atoms with E-state index in [-0.39, 0.29) is 31.4 Å². The van der Waals surface area contributed by atoms with Gasteiger partial charge in [-0.25, -0.2) is 4.57 Å². The molecule has 4 atom stereocenters. The summed E-state index contributed by atoms with van der Waals surface area (Å²) in [6.07, 6.45) is 48.7. The van der Waals surface area contributed by atoms with Crippen LogP contribution in [0.4, 0.5) is 0 Å². The van der Waals surface area contributed by atoms with Crippen LogP contribution in [-0.4, -0.2) is 80.4 Å². The molecule has 350 valence electrons. The minimum Gasteiger partial charge on any atom is -0.481 e. The summed E-state index contributed by atoms with van der Waals surface area (Å²) in [6.45, 7) is 3.12. The van der Waals surface area contributed by atoms with Crippen LogP contribution in [0.5, 0.6) is 0 Å². The summed E-state index contributed by atoms with van der Waals surface area (Å²) < 4.78 is 26.5. The van der Waals surface area contributed by atoms with E-state index in [0.29, 0.717) is 12.8 Å². The topological polar surface area (TPSA) is 203 Å². The number of carbonyl (C=O) groups is 3. The molecule has 0 radical (unpaired) electrons. The maximum Gasteiger partial charge on any atom is 0.469 e. The van der Waals surface area contributed by atoms with E-state index in [0.717, 1.165) is 38.5 Å². The third-order valence-corrected chi connectivity index (χ3v) is 10.7. The van der Waals surface area contributed by atoms with Crippen molar-refractivity contribution in [2.75, 3.05) is 19.0 Å². The van der Waals surface area contributed by atoms with Crippen molar-refractivity contribution in [3.8, 4) is 0 Å². The lowest BCUT2D eigenvalue weighted by Gasteiger charge is -2.23. The summed E-state index contributed by atoms with van der Waals surface area (Å²) in [6, 6.07) is -1.22. The third kappa shape index (κ3) is 40.5. The van der Waals surface area contributed by atoms with E-state index in [9.17, 15) is 33.8 Å². The Kier molecular flexibility index (Phi) is 39.1. The fourth-order valence-corrected chi connectivity index (χ4v) is 6.79. The molecule has 0 aliphatic rings. The minimum absolute atomic E-state index is 0.0166. The van der Waals surface area contributed by atoms with Gasteiger partial charge < -0.3 is 35.2 Å². The molecule has 0 aromatic heterocycles. The molecule has 0 amide bonds. The number of nitrogens with two attached hydrogens (primary N) is 1. The Balaban J connectivity index is 4.93. The van der Waals surface area contributed by atoms with Crippen molar-refractivity contribution >= 4 is 37.5 Å². The Bertz CT molecular complexity index is 1490. The van der Waals surface area contributed by atoms with E-state index >= 15 is 0 Å². The second-order valence-corrected chi connectivity index (χ2v) is 17.0. The molecule has 0 saturated carbocycles. The summed E-state index contributed by atoms with van der Waals surface area (Å²) in [7, 11) is -4.94. The zero-order valence-electron chi connectivity index (χ0n) is 37.1. The number of ether oxygens (including phenoxy) is 2. The van der Waals surface area contributed by atoms with Crippen LogP contribution in [0.15, 0.2) is 109 Å². The predicted molar refractivity (Wildman–Crippen MR) is 253 cm³/mol. The lowest BCUT2D eigenvalue weighted by Crippen LogP contribution is -2.40. The van der Waals surface area contributed by atoms with Crippen LogP contribution in [0.3, 0.4) is 0 Å². The lowest BCUT2D eigenvalue weighted by atomic mass is 10.1. The molecule has 0 saturated heterocycles. The molecule has 6 N–H and O–H groups in total. The Morgan fingerprint density at radius 1 is 0.661 bits per heavy atom. The average Bonchev–Trinajstić information content (AvgIpc) is 3.23. The van der Waals surface area contributed by atoms with Gasteiger partial charge in [-0.2, -0.15) is 0 Å². The van der Waals surface area contributed by atoms with Gasteiger partial charge in [-0.15, -0.1) is 11.8 Å². The molecule has 0 unspecified atom stereocenters. The number of carbonyl (C=O) groups excluding carboxylic acids is 2. The number of hydrogen-bond donors (Lipinski definition) is 5. The molecule has 0 aliphatic carbocycles. The number of carboxylic acid groups (broad SMARTS) is 1. The zero-order chi connectivity index (χ0) is 45.9. The lowest BCUT2D eigenvalue weighted by molar-refractivity contribution is -0.161. The Morgan fingerprint density at radius 3 is 1.71 bits per heavy atom. The quantitative estimate of drug-likeness (QED) is 0.0128. The van der Waals surface area contributed by atoms with Gasteiger partial charge in [-0.05, 0) is 77.0 Å². The second kappa shape index (κ2) is 41.5. The van der Waals surface area contributed by atoms with Crippen LogP contribution < -0.4 is 5.73 Å². The SMILES string of the molecule is CCCCC/C=C\C\C=C/C=C/C=C/[C@@H](SC[C@H](N)C(=O)O[C@H](COC(=O)CC/C=C\C/C=C\C/C=C\C/C=C\C/C=C\CCCCC)COP(=O)(O)O)[C@@H](O)CCCC(=O)O. The Labute approximate surface area is 376 Å². The third-order valence-electron chi connectivity index (χ3n) is 8.78. The largest absolute Gasteiger partial charge is 0.481 e. The van der Waals surface area contributed by atoms with Gasteiger partial charge in [-0.1, -0.05) is 149 Å². The summed E-state index contributed by atoms with van der Waals surface area (Å²) in [5, 5.41) is 19.3. The first-order chi connectivity index (χ1) is 29.9. The maximum atomic E-state index is 12.9. The molecule has 0 fully saturated rings. The van der Waals surface area contributed by atoms with Crippen LogP contribution in [0, 0.1) is 0 Å². The highest BCUT2D eigenvalue weighted by Crippen LogP contribution is 2.36. The standard InChI is InChI=1S/C48H76NO11PS/c1-3-5-7-9-11-13-15-17-18-19-20-21-22-23-25-27-29-31-33-38-47(53)58-39-42(40-59-61(55,56)57)60-48(54)43(49)41-62-45(44(50)35-34-37-46(51)52)36-32-30-28-26-24-16-14-12-10-8-6-4-2/h11-14,17-18,20-21,23-26,28-32,36,42-45,50H,3-10,15-16,19,22,27,33-35,37-41,49H2,1-2H3,(H,51,52)(H2,55,56,57)/b13-11-,14-12-,18-17-,21-20-,25-23-,26-24-,30-28+,31-29-,36-32+/t42-,43+,44+,45-/m1/s1. The highest BCUT2D eigenvalue weighted by Gasteiger charge is 2.27. The number of phosphoric ester groups is 1. The first-order valence-electron chi connectivity index (χ1n) is 22.1. The molecule has 0 rings (SSSR count). The fourth-order valence-electron chi connectivity index (χ4n) is 5.31. The molecule has 14 heteroatoms. The monoisotopic (exact) mass is 905 g/mol. The first-order valence-corrected chi connectivity index (χ1v) is 24.7. The smallest absolute Gasteiger partial charge is 0.469 e. The number of aliphatic carboxylic acids is 1. The number of thioether (sulfide) groups is 1. The number of unbranched alkanes of at least 4 members (excludes halogenated alkanes) is 6. The van der Waals surface area contributed by atoms with Crippen LogP contribution in [0.25, 0.3) is 0 Å². The number of rotatable bonds is 39. The number of aliphatic hydroxyl groups is 1. The van der Waals surface area contributed by atoms with Crippen molar-refractivity contribution in [3.05, 3.63) is 109 Å². The maximum absolute atomic E-state index is 12.9. The van der Waals surface area contributed by atoms with E-state index in [1.807, 2.05) is 36.5 Å². The van der Waals surface area contributed by atoms with Crippen molar-refractivity contribution in [2.45, 2.75) is 153 Å². The molecule has 62 heavy (non-hydrogen) atoms. The molecule has 0 aliphatic heterocycles. The summed E-state index contributed by atoms with van der Waals surface area (Å²) in [5.41, 5.74) is 6.11. The van der Waals surface area contributed by atoms with Gasteiger partial charge in [0, 0.05) is 23.8 Å². The van der Waals surface area contributed by atoms with E-state index in [2.05, 4.69) is 73.1 Å². The number of carboxylic acids is 1. The molecular formula is C48H76NO11PS. The molecule has 12 nitrogen and oxygen atoms in total. The number of phosphoric acid groups is 1. The zero-order valence-corrected chi connectivity index (χ0v) is 38.8. The predicted octanol–water partition coefficient (Wildman–Crippen LogP) is 10.5. The number of hydrogen-bond acceptors (Lipinski definition) is 10. The van der Waals surface area contributed by atoms with E-state index in [1.54, 1.807) is 18.2 Å². The number of allylic oxidation sites excluding steroid dienone is 17. The average molecular weight is 906 g/mol. The molecular weight excluding hydrogens is 830 g/mol. The molecule has 0 spiro atoms. The molecule has 0 bridgehead atoms. The molecule has 0 aromatic carbocycles. The van der Waals surface area contributed by atoms with Gasteiger partial charge in [0.25, 0.3) is 0 Å². The van der Waals surface area contributed by atoms with Crippen LogP contribution >= 0.6 is 19.6 Å². The minimum atomic E-state index is -4.94. The van der Waals surface area contributed by atoms with Crippen molar-refractivity contribution in [1.82, 2.24) is 0 Å².